The van der Waals surface area contributed by atoms with Gasteiger partial charge in [-0.1, -0.05) is 133 Å². The molecule has 50 heavy (non-hydrogen) atoms. The molecule has 0 amide bonds. The number of furan rings is 1. The molecular formula is C46H30N2OS. The number of hydrogen-bond acceptors (Lipinski definition) is 4. The van der Waals surface area contributed by atoms with Crippen molar-refractivity contribution in [2.75, 3.05) is 0 Å². The second kappa shape index (κ2) is 11.7. The van der Waals surface area contributed by atoms with Crippen molar-refractivity contribution in [1.82, 2.24) is 5.32 Å². The first kappa shape index (κ1) is 28.8. The van der Waals surface area contributed by atoms with Crippen molar-refractivity contribution in [3.63, 3.8) is 0 Å². The average molecular weight is 659 g/mol. The Morgan fingerprint density at radius 2 is 1.16 bits per heavy atom. The van der Waals surface area contributed by atoms with Crippen molar-refractivity contribution in [2.45, 2.75) is 6.17 Å². The monoisotopic (exact) mass is 658 g/mol. The fraction of sp³-hybridized carbons (Fsp3) is 0.0217. The highest BCUT2D eigenvalue weighted by Gasteiger charge is 2.23. The molecule has 0 aliphatic carbocycles. The minimum absolute atomic E-state index is 0.251. The van der Waals surface area contributed by atoms with Crippen LogP contribution >= 0.6 is 11.3 Å². The van der Waals surface area contributed by atoms with Crippen LogP contribution in [0.5, 0.6) is 0 Å². The van der Waals surface area contributed by atoms with Gasteiger partial charge in [-0.05, 0) is 69.8 Å². The minimum atomic E-state index is -0.251. The normalized spacial score (nSPS) is 14.6. The van der Waals surface area contributed by atoms with E-state index in [1.54, 1.807) is 0 Å². The third kappa shape index (κ3) is 4.92. The van der Waals surface area contributed by atoms with Crippen LogP contribution in [0.3, 0.4) is 0 Å². The maximum atomic E-state index is 6.56. The summed E-state index contributed by atoms with van der Waals surface area (Å²) in [4.78, 5) is 5.27. The van der Waals surface area contributed by atoms with E-state index in [0.717, 1.165) is 61.2 Å². The van der Waals surface area contributed by atoms with E-state index in [4.69, 9.17) is 9.41 Å². The summed E-state index contributed by atoms with van der Waals surface area (Å²) in [6.07, 6.45) is 1.93. The number of benzene rings is 7. The predicted molar refractivity (Wildman–Crippen MR) is 211 cm³/mol. The zero-order valence-corrected chi connectivity index (χ0v) is 27.8. The van der Waals surface area contributed by atoms with Gasteiger partial charge >= 0.3 is 0 Å². The van der Waals surface area contributed by atoms with Crippen LogP contribution in [0.1, 0.15) is 22.9 Å². The maximum Gasteiger partial charge on any atom is 0.145 e. The van der Waals surface area contributed by atoms with Crippen LogP contribution in [-0.2, 0) is 0 Å². The third-order valence-corrected chi connectivity index (χ3v) is 10.9. The Morgan fingerprint density at radius 1 is 0.500 bits per heavy atom. The van der Waals surface area contributed by atoms with Gasteiger partial charge in [-0.2, -0.15) is 0 Å². The molecule has 7 aromatic carbocycles. The molecule has 1 aliphatic heterocycles. The molecule has 0 spiro atoms. The van der Waals surface area contributed by atoms with Gasteiger partial charge in [-0.15, -0.1) is 11.3 Å². The number of nitrogens with one attached hydrogen (secondary N) is 1. The molecule has 0 saturated heterocycles. The molecule has 1 aliphatic rings. The Morgan fingerprint density at radius 3 is 1.98 bits per heavy atom. The summed E-state index contributed by atoms with van der Waals surface area (Å²) in [7, 11) is 0. The lowest BCUT2D eigenvalue weighted by Crippen LogP contribution is -2.25. The fourth-order valence-electron chi connectivity index (χ4n) is 7.24. The average Bonchev–Trinajstić information content (AvgIpc) is 3.76. The summed E-state index contributed by atoms with van der Waals surface area (Å²) in [5.74, 6) is 0. The van der Waals surface area contributed by atoms with E-state index in [0.29, 0.717) is 0 Å². The molecule has 9 aromatic rings. The number of thiophene rings is 1. The molecule has 236 valence electrons. The standard InChI is InChI=1S/C46H30N2OS/c1-3-10-29(11-4-1)30-18-20-31(21-19-30)33-22-25-38-42(26-33)49-41-16-9-15-37(45(38)41)40-28-39(32-12-5-2-6-13-32)47-46(48-40)34-23-24-36-35-14-7-8-17-43(35)50-44(36)27-34/h1-28,46,48H. The van der Waals surface area contributed by atoms with Crippen molar-refractivity contribution in [1.29, 1.82) is 0 Å². The van der Waals surface area contributed by atoms with Gasteiger partial charge in [0.05, 0.1) is 5.71 Å². The lowest BCUT2D eigenvalue weighted by Gasteiger charge is -2.25. The maximum absolute atomic E-state index is 6.56. The van der Waals surface area contributed by atoms with E-state index in [2.05, 4.69) is 163 Å². The molecule has 4 heteroatoms. The van der Waals surface area contributed by atoms with Gasteiger partial charge < -0.3 is 9.73 Å². The zero-order chi connectivity index (χ0) is 33.0. The van der Waals surface area contributed by atoms with Gasteiger partial charge in [-0.3, -0.25) is 4.99 Å². The van der Waals surface area contributed by atoms with E-state index in [9.17, 15) is 0 Å². The predicted octanol–water partition coefficient (Wildman–Crippen LogP) is 12.4. The molecular weight excluding hydrogens is 629 g/mol. The number of rotatable bonds is 5. The first-order valence-electron chi connectivity index (χ1n) is 16.9. The molecule has 1 atom stereocenters. The Labute approximate surface area is 293 Å². The number of aliphatic imine (C=N–C) groups is 1. The molecule has 0 bridgehead atoms. The largest absolute Gasteiger partial charge is 0.456 e. The SMILES string of the molecule is C1=C(c2cccc3oc4cc(-c5ccc(-c6ccccc6)cc5)ccc4c23)NC(c2ccc3c(c2)sc2ccccc23)N=C1c1ccccc1. The summed E-state index contributed by atoms with van der Waals surface area (Å²) in [5.41, 5.74) is 11.7. The van der Waals surface area contributed by atoms with Crippen LogP contribution in [0.15, 0.2) is 179 Å². The Kier molecular flexibility index (Phi) is 6.74. The van der Waals surface area contributed by atoms with Gasteiger partial charge in [0.1, 0.15) is 17.3 Å². The molecule has 10 rings (SSSR count). The van der Waals surface area contributed by atoms with Crippen molar-refractivity contribution >= 4 is 64.9 Å². The number of hydrogen-bond donors (Lipinski definition) is 1. The van der Waals surface area contributed by atoms with E-state index in [1.807, 2.05) is 23.5 Å². The quantitative estimate of drug-likeness (QED) is 0.200. The second-order valence-corrected chi connectivity index (χ2v) is 13.9. The van der Waals surface area contributed by atoms with Crippen molar-refractivity contribution < 1.29 is 4.42 Å². The smallest absolute Gasteiger partial charge is 0.145 e. The molecule has 3 heterocycles. The van der Waals surface area contributed by atoms with Crippen molar-refractivity contribution in [3.05, 3.63) is 187 Å². The van der Waals surface area contributed by atoms with Crippen LogP contribution in [0, 0.1) is 0 Å². The molecule has 0 fully saturated rings. The van der Waals surface area contributed by atoms with Crippen molar-refractivity contribution in [2.24, 2.45) is 4.99 Å². The van der Waals surface area contributed by atoms with Crippen LogP contribution in [0.4, 0.5) is 0 Å². The van der Waals surface area contributed by atoms with E-state index >= 15 is 0 Å². The van der Waals surface area contributed by atoms with E-state index in [-0.39, 0.29) is 6.17 Å². The molecule has 0 radical (unpaired) electrons. The van der Waals surface area contributed by atoms with Gasteiger partial charge in [0.15, 0.2) is 0 Å². The number of allylic oxidation sites excluding steroid dienone is 1. The Hall–Kier alpha value is -6.23. The van der Waals surface area contributed by atoms with Gasteiger partial charge in [0.25, 0.3) is 0 Å². The van der Waals surface area contributed by atoms with Gasteiger partial charge in [-0.25, -0.2) is 0 Å². The Bertz CT molecular complexity index is 2770. The molecule has 1 unspecified atom stereocenters. The van der Waals surface area contributed by atoms with E-state index < -0.39 is 0 Å². The van der Waals surface area contributed by atoms with Crippen LogP contribution in [0.25, 0.3) is 70.1 Å². The summed E-state index contributed by atoms with van der Waals surface area (Å²) in [5, 5.41) is 8.60. The second-order valence-electron chi connectivity index (χ2n) is 12.8. The topological polar surface area (TPSA) is 37.5 Å². The lowest BCUT2D eigenvalue weighted by molar-refractivity contribution is 0.663. The summed E-state index contributed by atoms with van der Waals surface area (Å²) in [6, 6.07) is 58.0. The molecule has 0 saturated carbocycles. The molecule has 3 nitrogen and oxygen atoms in total. The number of fused-ring (bicyclic) bond motifs is 6. The van der Waals surface area contributed by atoms with Crippen molar-refractivity contribution in [3.8, 4) is 22.3 Å². The van der Waals surface area contributed by atoms with Crippen LogP contribution < -0.4 is 5.32 Å². The number of nitrogens with zero attached hydrogens (tertiary/aromatic N) is 1. The highest BCUT2D eigenvalue weighted by molar-refractivity contribution is 7.25. The summed E-state index contributed by atoms with van der Waals surface area (Å²) >= 11 is 1.83. The zero-order valence-electron chi connectivity index (χ0n) is 27.0. The molecule has 1 N–H and O–H groups in total. The highest BCUT2D eigenvalue weighted by Crippen LogP contribution is 2.40. The Balaban J connectivity index is 1.06. The van der Waals surface area contributed by atoms with Gasteiger partial charge in [0.2, 0.25) is 0 Å². The van der Waals surface area contributed by atoms with Crippen LogP contribution in [-0.4, -0.2) is 5.71 Å². The summed E-state index contributed by atoms with van der Waals surface area (Å²) in [6.45, 7) is 0. The first-order valence-corrected chi connectivity index (χ1v) is 17.7. The first-order chi connectivity index (χ1) is 24.7. The highest BCUT2D eigenvalue weighted by atomic mass is 32.1. The van der Waals surface area contributed by atoms with Crippen LogP contribution in [0.2, 0.25) is 0 Å². The summed E-state index contributed by atoms with van der Waals surface area (Å²) < 4.78 is 9.13. The van der Waals surface area contributed by atoms with E-state index in [1.165, 1.54) is 31.3 Å². The van der Waals surface area contributed by atoms with Gasteiger partial charge in [0, 0.05) is 42.2 Å². The molecule has 2 aromatic heterocycles. The lowest BCUT2D eigenvalue weighted by atomic mass is 9.97. The fourth-order valence-corrected chi connectivity index (χ4v) is 8.40. The third-order valence-electron chi connectivity index (χ3n) is 9.74. The minimum Gasteiger partial charge on any atom is -0.456 e.